The highest BCUT2D eigenvalue weighted by Gasteiger charge is 2.52. The molecular weight excluding hydrogens is 375 g/mol. The van der Waals surface area contributed by atoms with E-state index in [-0.39, 0.29) is 5.17 Å². The van der Waals surface area contributed by atoms with Crippen LogP contribution in [0.4, 0.5) is 0 Å². The monoisotopic (exact) mass is 401 g/mol. The predicted octanol–water partition coefficient (Wildman–Crippen LogP) is 1.62. The van der Waals surface area contributed by atoms with Gasteiger partial charge in [-0.3, -0.25) is 9.62 Å². The summed E-state index contributed by atoms with van der Waals surface area (Å²) < 4.78 is 35.6. The van der Waals surface area contributed by atoms with Crippen molar-refractivity contribution < 1.29 is 22.8 Å². The third-order valence-corrected chi connectivity index (χ3v) is 4.98. The standard InChI is InChI=1S/C15H23BN2O3S.CH4O2S/c1-14(2)15(3,4)21-16(20-14)11-8-10(9-22-13(17)18)6-7-12(11)19-5;1-4(2)3/h6-8H,9H2,1-5H3,(H3,17,18);1H3,(H,2,3)/p-1. The molecule has 2 rings (SSSR count). The van der Waals surface area contributed by atoms with E-state index in [0.717, 1.165) is 23.0 Å². The lowest BCUT2D eigenvalue weighted by molar-refractivity contribution is 0.00578. The molecule has 0 bridgehead atoms. The van der Waals surface area contributed by atoms with Gasteiger partial charge in [0.05, 0.1) is 18.3 Å². The van der Waals surface area contributed by atoms with E-state index < -0.39 is 29.4 Å². The first-order valence-corrected chi connectivity index (χ1v) is 10.4. The Kier molecular flexibility index (Phi) is 8.16. The molecule has 0 amide bonds. The number of thioether (sulfide) groups is 1. The number of nitrogens with one attached hydrogen (secondary N) is 1. The highest BCUT2D eigenvalue weighted by molar-refractivity contribution is 8.13. The van der Waals surface area contributed by atoms with Crippen molar-refractivity contribution in [2.24, 2.45) is 5.73 Å². The van der Waals surface area contributed by atoms with Gasteiger partial charge in [0, 0.05) is 11.2 Å². The second-order valence-corrected chi connectivity index (χ2v) is 8.54. The number of benzene rings is 1. The van der Waals surface area contributed by atoms with Crippen LogP contribution in [-0.4, -0.2) is 45.6 Å². The summed E-state index contributed by atoms with van der Waals surface area (Å²) in [6.45, 7) is 8.09. The summed E-state index contributed by atoms with van der Waals surface area (Å²) >= 11 is -0.574. The Morgan fingerprint density at radius 1 is 1.35 bits per heavy atom. The van der Waals surface area contributed by atoms with E-state index in [2.05, 4.69) is 0 Å². The fourth-order valence-electron chi connectivity index (χ4n) is 2.19. The molecule has 1 aliphatic heterocycles. The summed E-state index contributed by atoms with van der Waals surface area (Å²) in [6.07, 6.45) is 1.08. The molecule has 0 spiro atoms. The second-order valence-electron chi connectivity index (χ2n) is 6.72. The maximum atomic E-state index is 9.00. The zero-order chi connectivity index (χ0) is 20.1. The molecule has 0 saturated carbocycles. The largest absolute Gasteiger partial charge is 0.773 e. The second kappa shape index (κ2) is 9.23. The highest BCUT2D eigenvalue weighted by atomic mass is 32.2. The van der Waals surface area contributed by atoms with Gasteiger partial charge in [-0.2, -0.15) is 0 Å². The molecule has 26 heavy (non-hydrogen) atoms. The fraction of sp³-hybridized carbons (Fsp3) is 0.562. The molecule has 1 unspecified atom stereocenters. The SMILES string of the molecule is COc1ccc(CSC(=N)N)cc1B1OC(C)(C)C(C)(C)O1.CS(=O)[O-]. The van der Waals surface area contributed by atoms with Gasteiger partial charge in [-0.1, -0.05) is 35.0 Å². The van der Waals surface area contributed by atoms with Crippen molar-refractivity contribution in [3.63, 3.8) is 0 Å². The van der Waals surface area contributed by atoms with Crippen molar-refractivity contribution in [3.8, 4) is 5.75 Å². The smallest absolute Gasteiger partial charge is 0.498 e. The van der Waals surface area contributed by atoms with Crippen molar-refractivity contribution in [3.05, 3.63) is 23.8 Å². The Balaban J connectivity index is 0.000000765. The van der Waals surface area contributed by atoms with E-state index in [1.807, 2.05) is 45.9 Å². The maximum absolute atomic E-state index is 9.00. The van der Waals surface area contributed by atoms with Crippen LogP contribution in [0.5, 0.6) is 5.75 Å². The zero-order valence-corrected chi connectivity index (χ0v) is 17.6. The summed E-state index contributed by atoms with van der Waals surface area (Å²) in [4.78, 5) is 0. The molecular formula is C16H26BN2O5S2-. The van der Waals surface area contributed by atoms with Crippen LogP contribution in [0.2, 0.25) is 0 Å². The molecule has 1 fully saturated rings. The lowest BCUT2D eigenvalue weighted by Gasteiger charge is -2.32. The summed E-state index contributed by atoms with van der Waals surface area (Å²) in [5.41, 5.74) is 6.52. The molecule has 7 nitrogen and oxygen atoms in total. The topological polar surface area (TPSA) is 118 Å². The first kappa shape index (κ1) is 23.0. The van der Waals surface area contributed by atoms with Crippen LogP contribution in [0.25, 0.3) is 0 Å². The molecule has 0 aromatic heterocycles. The highest BCUT2D eigenvalue weighted by Crippen LogP contribution is 2.37. The van der Waals surface area contributed by atoms with Gasteiger partial charge in [-0.15, -0.1) is 0 Å². The third kappa shape index (κ3) is 6.28. The van der Waals surface area contributed by atoms with E-state index >= 15 is 0 Å². The summed E-state index contributed by atoms with van der Waals surface area (Å²) in [6, 6.07) is 5.86. The van der Waals surface area contributed by atoms with Crippen molar-refractivity contribution in [2.75, 3.05) is 13.4 Å². The molecule has 1 aromatic carbocycles. The average molecular weight is 401 g/mol. The minimum Gasteiger partial charge on any atom is -0.773 e. The van der Waals surface area contributed by atoms with E-state index in [9.17, 15) is 0 Å². The van der Waals surface area contributed by atoms with Crippen molar-refractivity contribution in [2.45, 2.75) is 44.6 Å². The van der Waals surface area contributed by atoms with Gasteiger partial charge in [-0.05, 0) is 45.6 Å². The van der Waals surface area contributed by atoms with Crippen LogP contribution >= 0.6 is 11.8 Å². The molecule has 10 heteroatoms. The number of amidine groups is 1. The van der Waals surface area contributed by atoms with Crippen molar-refractivity contribution in [1.29, 1.82) is 5.41 Å². The van der Waals surface area contributed by atoms with Gasteiger partial charge in [0.15, 0.2) is 5.17 Å². The molecule has 1 aromatic rings. The van der Waals surface area contributed by atoms with E-state index in [4.69, 9.17) is 34.0 Å². The van der Waals surface area contributed by atoms with Crippen molar-refractivity contribution in [1.82, 2.24) is 0 Å². The average Bonchev–Trinajstić information content (AvgIpc) is 2.72. The number of ether oxygens (including phenoxy) is 1. The predicted molar refractivity (Wildman–Crippen MR) is 107 cm³/mol. The van der Waals surface area contributed by atoms with Crippen molar-refractivity contribution >= 4 is 40.6 Å². The minimum absolute atomic E-state index is 0.105. The zero-order valence-electron chi connectivity index (χ0n) is 16.0. The molecule has 1 heterocycles. The Morgan fingerprint density at radius 3 is 2.27 bits per heavy atom. The van der Waals surface area contributed by atoms with Crippen LogP contribution in [0.15, 0.2) is 18.2 Å². The number of methoxy groups -OCH3 is 1. The summed E-state index contributed by atoms with van der Waals surface area (Å²) in [5, 5.41) is 7.42. The van der Waals surface area contributed by atoms with E-state index in [1.165, 1.54) is 11.8 Å². The number of hydrogen-bond donors (Lipinski definition) is 2. The lowest BCUT2D eigenvalue weighted by Crippen LogP contribution is -2.41. The number of nitrogens with two attached hydrogens (primary N) is 1. The van der Waals surface area contributed by atoms with E-state index in [0.29, 0.717) is 5.75 Å². The Morgan fingerprint density at radius 2 is 1.85 bits per heavy atom. The Labute approximate surface area is 162 Å². The van der Waals surface area contributed by atoms with Gasteiger partial charge < -0.3 is 24.3 Å². The molecule has 146 valence electrons. The molecule has 1 saturated heterocycles. The molecule has 1 aliphatic rings. The van der Waals surface area contributed by atoms with Gasteiger partial charge in [0.1, 0.15) is 5.75 Å². The van der Waals surface area contributed by atoms with E-state index in [1.54, 1.807) is 7.11 Å². The first-order chi connectivity index (χ1) is 11.9. The molecule has 3 N–H and O–H groups in total. The summed E-state index contributed by atoms with van der Waals surface area (Å²) in [5.74, 6) is 1.36. The van der Waals surface area contributed by atoms with Crippen LogP contribution < -0.4 is 15.9 Å². The molecule has 1 atom stereocenters. The number of hydrogen-bond acceptors (Lipinski definition) is 7. The van der Waals surface area contributed by atoms with Crippen LogP contribution in [-0.2, 0) is 26.1 Å². The quantitative estimate of drug-likeness (QED) is 0.341. The van der Waals surface area contributed by atoms with Gasteiger partial charge in [-0.25, -0.2) is 0 Å². The van der Waals surface area contributed by atoms with Crippen LogP contribution in [0.3, 0.4) is 0 Å². The van der Waals surface area contributed by atoms with Gasteiger partial charge in [0.2, 0.25) is 0 Å². The Hall–Kier alpha value is -1.07. The third-order valence-electron chi connectivity index (χ3n) is 4.20. The molecule has 0 aliphatic carbocycles. The maximum Gasteiger partial charge on any atom is 0.498 e. The summed E-state index contributed by atoms with van der Waals surface area (Å²) in [7, 11) is 1.16. The fourth-order valence-corrected chi connectivity index (χ4v) is 2.69. The number of rotatable bonds is 4. The first-order valence-electron chi connectivity index (χ1n) is 7.90. The van der Waals surface area contributed by atoms with Gasteiger partial charge in [0.25, 0.3) is 0 Å². The molecule has 0 radical (unpaired) electrons. The lowest BCUT2D eigenvalue weighted by atomic mass is 9.77. The van der Waals surface area contributed by atoms with Crippen LogP contribution in [0, 0.1) is 5.41 Å². The van der Waals surface area contributed by atoms with Crippen LogP contribution in [0.1, 0.15) is 33.3 Å². The van der Waals surface area contributed by atoms with Gasteiger partial charge >= 0.3 is 7.12 Å². The normalized spacial score (nSPS) is 18.7. The Bertz CT molecular complexity index is 650. The minimum atomic E-state index is -1.86.